The number of carbonyl (C=O) groups excluding carboxylic acids is 1. The minimum absolute atomic E-state index is 0.325. The number of nitrogens with zero attached hydrogens (tertiary/aromatic N) is 2. The van der Waals surface area contributed by atoms with E-state index in [4.69, 9.17) is 9.47 Å². The van der Waals surface area contributed by atoms with Crippen molar-refractivity contribution in [2.45, 2.75) is 6.61 Å². The summed E-state index contributed by atoms with van der Waals surface area (Å²) in [5.41, 5.74) is 4.75. The van der Waals surface area contributed by atoms with E-state index < -0.39 is 0 Å². The van der Waals surface area contributed by atoms with Crippen molar-refractivity contribution in [3.8, 4) is 11.5 Å². The van der Waals surface area contributed by atoms with Gasteiger partial charge in [-0.05, 0) is 41.5 Å². The fourth-order valence-corrected chi connectivity index (χ4v) is 2.35. The smallest absolute Gasteiger partial charge is 0.272 e. The maximum atomic E-state index is 11.9. The quantitative estimate of drug-likeness (QED) is 0.517. The van der Waals surface area contributed by atoms with Crippen molar-refractivity contribution >= 4 is 12.1 Å². The van der Waals surface area contributed by atoms with Crippen molar-refractivity contribution in [3.63, 3.8) is 0 Å². The first-order valence-electron chi connectivity index (χ1n) is 8.34. The molecule has 0 fully saturated rings. The van der Waals surface area contributed by atoms with Gasteiger partial charge in [-0.1, -0.05) is 30.3 Å². The Bertz CT molecular complexity index is 912. The third kappa shape index (κ3) is 5.15. The third-order valence-electron chi connectivity index (χ3n) is 3.73. The van der Waals surface area contributed by atoms with E-state index in [2.05, 4.69) is 15.5 Å². The van der Waals surface area contributed by atoms with E-state index in [0.29, 0.717) is 23.7 Å². The predicted octanol–water partition coefficient (Wildman–Crippen LogP) is 3.43. The van der Waals surface area contributed by atoms with Crippen molar-refractivity contribution in [1.82, 2.24) is 10.4 Å². The second-order valence-corrected chi connectivity index (χ2v) is 5.63. The molecule has 1 heterocycles. The molecule has 6 nitrogen and oxygen atoms in total. The molecule has 0 aliphatic rings. The summed E-state index contributed by atoms with van der Waals surface area (Å²) in [4.78, 5) is 15.8. The van der Waals surface area contributed by atoms with Crippen LogP contribution in [0.5, 0.6) is 11.5 Å². The fraction of sp³-hybridized carbons (Fsp3) is 0.0952. The van der Waals surface area contributed by atoms with Gasteiger partial charge in [0.15, 0.2) is 11.5 Å². The summed E-state index contributed by atoms with van der Waals surface area (Å²) in [6.07, 6.45) is 4.62. The molecular weight excluding hydrogens is 342 g/mol. The molecule has 1 N–H and O–H groups in total. The molecule has 0 aliphatic carbocycles. The molecule has 0 spiro atoms. The van der Waals surface area contributed by atoms with Gasteiger partial charge < -0.3 is 9.47 Å². The molecule has 1 amide bonds. The van der Waals surface area contributed by atoms with Crippen LogP contribution in [0.4, 0.5) is 0 Å². The average molecular weight is 361 g/mol. The van der Waals surface area contributed by atoms with E-state index in [0.717, 1.165) is 11.1 Å². The van der Waals surface area contributed by atoms with Crippen molar-refractivity contribution in [3.05, 3.63) is 89.7 Å². The van der Waals surface area contributed by atoms with Crippen LogP contribution in [0.2, 0.25) is 0 Å². The van der Waals surface area contributed by atoms with Gasteiger partial charge in [0.25, 0.3) is 5.91 Å². The Labute approximate surface area is 157 Å². The zero-order chi connectivity index (χ0) is 18.9. The molecule has 0 saturated heterocycles. The van der Waals surface area contributed by atoms with Crippen LogP contribution in [0.15, 0.2) is 78.2 Å². The topological polar surface area (TPSA) is 72.8 Å². The molecule has 0 saturated carbocycles. The molecule has 0 bridgehead atoms. The lowest BCUT2D eigenvalue weighted by Crippen LogP contribution is -2.17. The van der Waals surface area contributed by atoms with Crippen molar-refractivity contribution in [2.75, 3.05) is 7.11 Å². The number of hydrazone groups is 1. The molecule has 136 valence electrons. The highest BCUT2D eigenvalue weighted by atomic mass is 16.5. The van der Waals surface area contributed by atoms with Gasteiger partial charge in [-0.15, -0.1) is 0 Å². The molecule has 1 aromatic heterocycles. The van der Waals surface area contributed by atoms with Crippen LogP contribution < -0.4 is 14.9 Å². The van der Waals surface area contributed by atoms with E-state index in [9.17, 15) is 4.79 Å². The number of ether oxygens (including phenoxy) is 2. The largest absolute Gasteiger partial charge is 0.493 e. The SMILES string of the molecule is COc1cc(/C=N/NC(=O)c2cccnc2)ccc1OCc1ccccc1. The first kappa shape index (κ1) is 18.1. The lowest BCUT2D eigenvalue weighted by atomic mass is 10.2. The number of amides is 1. The summed E-state index contributed by atoms with van der Waals surface area (Å²) in [6, 6.07) is 18.7. The number of aromatic nitrogens is 1. The summed E-state index contributed by atoms with van der Waals surface area (Å²) in [7, 11) is 1.58. The van der Waals surface area contributed by atoms with Crippen LogP contribution in [0.25, 0.3) is 0 Å². The minimum Gasteiger partial charge on any atom is -0.493 e. The number of rotatable bonds is 7. The van der Waals surface area contributed by atoms with E-state index >= 15 is 0 Å². The normalized spacial score (nSPS) is 10.6. The molecule has 0 aliphatic heterocycles. The van der Waals surface area contributed by atoms with Crippen LogP contribution in [-0.2, 0) is 6.61 Å². The maximum Gasteiger partial charge on any atom is 0.272 e. The Kier molecular flexibility index (Phi) is 6.14. The Morgan fingerprint density at radius 1 is 1.11 bits per heavy atom. The number of hydrogen-bond acceptors (Lipinski definition) is 5. The van der Waals surface area contributed by atoms with Gasteiger partial charge in [0.2, 0.25) is 0 Å². The number of benzene rings is 2. The highest BCUT2D eigenvalue weighted by Gasteiger charge is 2.06. The standard InChI is InChI=1S/C21H19N3O3/c1-26-20-12-17(13-23-24-21(25)18-8-5-11-22-14-18)9-10-19(20)27-15-16-6-3-2-4-7-16/h2-14H,15H2,1H3,(H,24,25)/b23-13+. The molecule has 6 heteroatoms. The van der Waals surface area contributed by atoms with Crippen LogP contribution >= 0.6 is 0 Å². The van der Waals surface area contributed by atoms with E-state index in [-0.39, 0.29) is 5.91 Å². The van der Waals surface area contributed by atoms with Crippen LogP contribution in [0.3, 0.4) is 0 Å². The summed E-state index contributed by atoms with van der Waals surface area (Å²) in [5.74, 6) is 0.903. The number of nitrogens with one attached hydrogen (secondary N) is 1. The third-order valence-corrected chi connectivity index (χ3v) is 3.73. The van der Waals surface area contributed by atoms with Crippen LogP contribution in [-0.4, -0.2) is 24.2 Å². The number of hydrogen-bond donors (Lipinski definition) is 1. The highest BCUT2D eigenvalue weighted by Crippen LogP contribution is 2.28. The summed E-state index contributed by atoms with van der Waals surface area (Å²) < 4.78 is 11.2. The summed E-state index contributed by atoms with van der Waals surface area (Å²) >= 11 is 0. The zero-order valence-corrected chi connectivity index (χ0v) is 14.8. The molecule has 0 radical (unpaired) electrons. The van der Waals surface area contributed by atoms with Gasteiger partial charge in [-0.2, -0.15) is 5.10 Å². The van der Waals surface area contributed by atoms with Gasteiger partial charge in [0.1, 0.15) is 6.61 Å². The van der Waals surface area contributed by atoms with E-state index in [1.54, 1.807) is 31.5 Å². The van der Waals surface area contributed by atoms with Gasteiger partial charge in [0, 0.05) is 12.4 Å². The van der Waals surface area contributed by atoms with Gasteiger partial charge in [-0.3, -0.25) is 9.78 Å². The lowest BCUT2D eigenvalue weighted by molar-refractivity contribution is 0.0955. The molecule has 27 heavy (non-hydrogen) atoms. The second kappa shape index (κ2) is 9.15. The van der Waals surface area contributed by atoms with Gasteiger partial charge >= 0.3 is 0 Å². The van der Waals surface area contributed by atoms with Gasteiger partial charge in [-0.25, -0.2) is 5.43 Å². The fourth-order valence-electron chi connectivity index (χ4n) is 2.35. The molecule has 3 aromatic rings. The first-order chi connectivity index (χ1) is 13.3. The Morgan fingerprint density at radius 3 is 2.70 bits per heavy atom. The number of methoxy groups -OCH3 is 1. The van der Waals surface area contributed by atoms with Crippen molar-refractivity contribution in [1.29, 1.82) is 0 Å². The summed E-state index contributed by atoms with van der Waals surface area (Å²) in [6.45, 7) is 0.450. The molecule has 0 atom stereocenters. The Morgan fingerprint density at radius 2 is 1.96 bits per heavy atom. The molecule has 0 unspecified atom stereocenters. The van der Waals surface area contributed by atoms with E-state index in [1.165, 1.54) is 12.4 Å². The Balaban J connectivity index is 1.62. The van der Waals surface area contributed by atoms with Crippen LogP contribution in [0, 0.1) is 0 Å². The van der Waals surface area contributed by atoms with Crippen molar-refractivity contribution in [2.24, 2.45) is 5.10 Å². The minimum atomic E-state index is -0.325. The zero-order valence-electron chi connectivity index (χ0n) is 14.8. The molecular formula is C21H19N3O3. The number of carbonyl (C=O) groups is 1. The van der Waals surface area contributed by atoms with E-state index in [1.807, 2.05) is 42.5 Å². The maximum absolute atomic E-state index is 11.9. The lowest BCUT2D eigenvalue weighted by Gasteiger charge is -2.11. The molecule has 2 aromatic carbocycles. The Hall–Kier alpha value is -3.67. The first-order valence-corrected chi connectivity index (χ1v) is 8.34. The van der Waals surface area contributed by atoms with Gasteiger partial charge in [0.05, 0.1) is 18.9 Å². The average Bonchev–Trinajstić information content (AvgIpc) is 2.74. The number of pyridine rings is 1. The molecule has 3 rings (SSSR count). The van der Waals surface area contributed by atoms with Crippen LogP contribution in [0.1, 0.15) is 21.5 Å². The monoisotopic (exact) mass is 361 g/mol. The summed E-state index contributed by atoms with van der Waals surface area (Å²) in [5, 5.41) is 3.97. The highest BCUT2D eigenvalue weighted by molar-refractivity contribution is 5.94. The second-order valence-electron chi connectivity index (χ2n) is 5.63. The predicted molar refractivity (Wildman–Crippen MR) is 103 cm³/mol. The van der Waals surface area contributed by atoms with Crippen molar-refractivity contribution < 1.29 is 14.3 Å².